The maximum atomic E-state index is 12.4. The van der Waals surface area contributed by atoms with Crippen LogP contribution in [0.3, 0.4) is 0 Å². The van der Waals surface area contributed by atoms with E-state index in [9.17, 15) is 19.8 Å². The summed E-state index contributed by atoms with van der Waals surface area (Å²) in [6.07, 6.45) is 75.5. The minimum absolute atomic E-state index is 0.0439. The van der Waals surface area contributed by atoms with Crippen molar-refractivity contribution in [3.8, 4) is 0 Å². The van der Waals surface area contributed by atoms with Crippen LogP contribution in [0.4, 0.5) is 0 Å². The molecule has 0 rings (SSSR count). The molecule has 6 heteroatoms. The molecular weight excluding hydrogens is 851 g/mol. The standard InChI is InChI=1S/C63H115NO5/c1-3-5-7-9-11-13-15-17-18-19-26-29-33-37-41-45-49-53-57-63(68)69-58-54-50-46-42-38-34-30-27-24-22-20-21-23-25-28-32-36-40-44-48-52-56-62(67)64-60(59-65)61(66)55-51-47-43-39-35-31-16-14-12-10-8-6-4-2/h13,15,18-19,34,38,46,50-51,55,60-61,65-66H,3-12,14,16-17,20-33,35-37,39-45,47-49,52-54,56-59H2,1-2H3,(H,64,67)/b15-13-,19-18-,38-34-,50-46-,55-51+. The van der Waals surface area contributed by atoms with Crippen LogP contribution in [0.15, 0.2) is 60.8 Å². The smallest absolute Gasteiger partial charge is 0.305 e. The van der Waals surface area contributed by atoms with Crippen LogP contribution in [0, 0.1) is 0 Å². The summed E-state index contributed by atoms with van der Waals surface area (Å²) >= 11 is 0. The van der Waals surface area contributed by atoms with Crippen LogP contribution in [0.1, 0.15) is 303 Å². The molecule has 2 atom stereocenters. The Hall–Kier alpha value is -2.44. The first-order valence-corrected chi connectivity index (χ1v) is 30.1. The van der Waals surface area contributed by atoms with Gasteiger partial charge in [-0.1, -0.05) is 267 Å². The van der Waals surface area contributed by atoms with Crippen molar-refractivity contribution in [3.63, 3.8) is 0 Å². The van der Waals surface area contributed by atoms with Crippen LogP contribution < -0.4 is 5.32 Å². The van der Waals surface area contributed by atoms with E-state index in [0.717, 1.165) is 57.8 Å². The molecule has 0 aromatic rings. The summed E-state index contributed by atoms with van der Waals surface area (Å²) in [7, 11) is 0. The molecule has 0 fully saturated rings. The molecular formula is C63H115NO5. The van der Waals surface area contributed by atoms with Crippen molar-refractivity contribution < 1.29 is 24.5 Å². The van der Waals surface area contributed by atoms with Gasteiger partial charge in [-0.15, -0.1) is 0 Å². The molecule has 0 saturated carbocycles. The minimum atomic E-state index is -0.848. The Morgan fingerprint density at radius 2 is 0.725 bits per heavy atom. The molecule has 0 aliphatic rings. The van der Waals surface area contributed by atoms with Gasteiger partial charge in [-0.05, 0) is 83.5 Å². The maximum Gasteiger partial charge on any atom is 0.305 e. The summed E-state index contributed by atoms with van der Waals surface area (Å²) in [5.74, 6) is -0.118. The normalized spacial score (nSPS) is 13.0. The molecule has 0 heterocycles. The maximum absolute atomic E-state index is 12.4. The molecule has 0 aliphatic heterocycles. The molecule has 0 aromatic heterocycles. The van der Waals surface area contributed by atoms with Crippen LogP contribution in [-0.4, -0.2) is 47.4 Å². The van der Waals surface area contributed by atoms with Gasteiger partial charge in [-0.25, -0.2) is 0 Å². The Morgan fingerprint density at radius 3 is 1.12 bits per heavy atom. The second kappa shape index (κ2) is 58.1. The predicted octanol–water partition coefficient (Wildman–Crippen LogP) is 18.7. The van der Waals surface area contributed by atoms with E-state index in [1.807, 2.05) is 6.08 Å². The fraction of sp³-hybridized carbons (Fsp3) is 0.810. The summed E-state index contributed by atoms with van der Waals surface area (Å²) in [6, 6.07) is -0.632. The molecule has 2 unspecified atom stereocenters. The first kappa shape index (κ1) is 66.6. The van der Waals surface area contributed by atoms with E-state index in [-0.39, 0.29) is 18.5 Å². The third-order valence-electron chi connectivity index (χ3n) is 13.5. The zero-order valence-corrected chi connectivity index (χ0v) is 45.8. The third-order valence-corrected chi connectivity index (χ3v) is 13.5. The second-order valence-electron chi connectivity index (χ2n) is 20.3. The average molecular weight is 967 g/mol. The molecule has 402 valence electrons. The Kier molecular flexibility index (Phi) is 56.1. The number of amides is 1. The Morgan fingerprint density at radius 1 is 0.406 bits per heavy atom. The minimum Gasteiger partial charge on any atom is -0.465 e. The largest absolute Gasteiger partial charge is 0.465 e. The van der Waals surface area contributed by atoms with Gasteiger partial charge in [-0.3, -0.25) is 9.59 Å². The quantitative estimate of drug-likeness (QED) is 0.0321. The summed E-state index contributed by atoms with van der Waals surface area (Å²) in [4.78, 5) is 24.5. The molecule has 1 amide bonds. The van der Waals surface area contributed by atoms with Gasteiger partial charge in [0.2, 0.25) is 5.91 Å². The van der Waals surface area contributed by atoms with Gasteiger partial charge in [0, 0.05) is 12.8 Å². The zero-order valence-electron chi connectivity index (χ0n) is 45.8. The molecule has 0 saturated heterocycles. The van der Waals surface area contributed by atoms with Gasteiger partial charge >= 0.3 is 5.97 Å². The number of rotatable bonds is 55. The second-order valence-corrected chi connectivity index (χ2v) is 20.3. The lowest BCUT2D eigenvalue weighted by Crippen LogP contribution is -2.45. The van der Waals surface area contributed by atoms with Crippen molar-refractivity contribution in [1.29, 1.82) is 0 Å². The van der Waals surface area contributed by atoms with Gasteiger partial charge in [0.25, 0.3) is 0 Å². The summed E-state index contributed by atoms with van der Waals surface area (Å²) in [5.41, 5.74) is 0. The average Bonchev–Trinajstić information content (AvgIpc) is 3.35. The molecule has 69 heavy (non-hydrogen) atoms. The highest BCUT2D eigenvalue weighted by atomic mass is 16.5. The highest BCUT2D eigenvalue weighted by Gasteiger charge is 2.18. The Balaban J connectivity index is 3.48. The SMILES string of the molecule is CCCCCC/C=C\C/C=C\CCCCCCCCCC(=O)OCC/C=C\C/C=C\CCCCCCCCCCCCCCCCC(=O)NC(CO)C(O)/C=C/CCCCCCCCCCCCC. The van der Waals surface area contributed by atoms with Crippen molar-refractivity contribution in [1.82, 2.24) is 5.32 Å². The molecule has 0 spiro atoms. The number of aliphatic hydroxyl groups excluding tert-OH is 2. The van der Waals surface area contributed by atoms with Crippen molar-refractivity contribution in [3.05, 3.63) is 60.8 Å². The lowest BCUT2D eigenvalue weighted by Gasteiger charge is -2.20. The van der Waals surface area contributed by atoms with E-state index >= 15 is 0 Å². The van der Waals surface area contributed by atoms with Gasteiger partial charge in [0.1, 0.15) is 0 Å². The fourth-order valence-corrected chi connectivity index (χ4v) is 8.91. The van der Waals surface area contributed by atoms with E-state index in [1.54, 1.807) is 6.08 Å². The van der Waals surface area contributed by atoms with Crippen molar-refractivity contribution in [2.75, 3.05) is 13.2 Å². The third kappa shape index (κ3) is 54.7. The molecule has 3 N–H and O–H groups in total. The summed E-state index contributed by atoms with van der Waals surface area (Å²) in [6.45, 7) is 4.77. The monoisotopic (exact) mass is 966 g/mol. The first-order chi connectivity index (χ1) is 34.0. The van der Waals surface area contributed by atoms with Crippen LogP contribution in [0.2, 0.25) is 0 Å². The molecule has 0 bridgehead atoms. The number of allylic oxidation sites excluding steroid dienone is 8. The van der Waals surface area contributed by atoms with Crippen molar-refractivity contribution >= 4 is 11.9 Å². The van der Waals surface area contributed by atoms with Gasteiger partial charge < -0.3 is 20.3 Å². The number of hydrogen-bond acceptors (Lipinski definition) is 5. The van der Waals surface area contributed by atoms with Crippen LogP contribution in [-0.2, 0) is 14.3 Å². The number of carbonyl (C=O) groups is 2. The first-order valence-electron chi connectivity index (χ1n) is 30.1. The number of ether oxygens (including phenoxy) is 1. The predicted molar refractivity (Wildman–Crippen MR) is 301 cm³/mol. The van der Waals surface area contributed by atoms with E-state index in [0.29, 0.717) is 19.4 Å². The van der Waals surface area contributed by atoms with Crippen LogP contribution in [0.5, 0.6) is 0 Å². The van der Waals surface area contributed by atoms with Gasteiger partial charge in [-0.2, -0.15) is 0 Å². The number of esters is 1. The Bertz CT molecular complexity index is 1210. The highest BCUT2D eigenvalue weighted by Crippen LogP contribution is 2.16. The number of nitrogens with one attached hydrogen (secondary N) is 1. The van der Waals surface area contributed by atoms with E-state index in [1.165, 1.54) is 218 Å². The van der Waals surface area contributed by atoms with Gasteiger partial charge in [0.15, 0.2) is 0 Å². The van der Waals surface area contributed by atoms with Crippen LogP contribution in [0.25, 0.3) is 0 Å². The van der Waals surface area contributed by atoms with E-state index in [4.69, 9.17) is 4.74 Å². The van der Waals surface area contributed by atoms with Crippen molar-refractivity contribution in [2.45, 2.75) is 315 Å². The molecule has 0 aromatic carbocycles. The topological polar surface area (TPSA) is 95.9 Å². The summed E-state index contributed by atoms with van der Waals surface area (Å²) in [5, 5.41) is 23.1. The number of unbranched alkanes of at least 4 members (excludes halogenated alkanes) is 36. The number of carbonyl (C=O) groups excluding carboxylic acids is 2. The van der Waals surface area contributed by atoms with Crippen molar-refractivity contribution in [2.24, 2.45) is 0 Å². The van der Waals surface area contributed by atoms with E-state index in [2.05, 4.69) is 67.8 Å². The lowest BCUT2D eigenvalue weighted by molar-refractivity contribution is -0.143. The molecule has 0 aliphatic carbocycles. The fourth-order valence-electron chi connectivity index (χ4n) is 8.91. The Labute approximate surface area is 428 Å². The van der Waals surface area contributed by atoms with Gasteiger partial charge in [0.05, 0.1) is 25.4 Å². The lowest BCUT2D eigenvalue weighted by atomic mass is 10.0. The number of aliphatic hydroxyl groups is 2. The molecule has 6 nitrogen and oxygen atoms in total. The number of hydrogen-bond donors (Lipinski definition) is 3. The summed E-state index contributed by atoms with van der Waals surface area (Å²) < 4.78 is 5.42. The molecule has 0 radical (unpaired) electrons. The highest BCUT2D eigenvalue weighted by molar-refractivity contribution is 5.76. The van der Waals surface area contributed by atoms with Crippen LogP contribution >= 0.6 is 0 Å². The van der Waals surface area contributed by atoms with E-state index < -0.39 is 12.1 Å². The zero-order chi connectivity index (χ0) is 50.0.